The van der Waals surface area contributed by atoms with Crippen molar-refractivity contribution < 1.29 is 14.3 Å². The van der Waals surface area contributed by atoms with Gasteiger partial charge in [0.05, 0.1) is 17.8 Å². The maximum atomic E-state index is 12.5. The maximum Gasteiger partial charge on any atom is 0.271 e. The first-order valence-corrected chi connectivity index (χ1v) is 11.7. The summed E-state index contributed by atoms with van der Waals surface area (Å²) in [5.74, 6) is 0.874. The van der Waals surface area contributed by atoms with Crippen molar-refractivity contribution in [1.82, 2.24) is 5.43 Å². The van der Waals surface area contributed by atoms with Gasteiger partial charge in [-0.2, -0.15) is 5.10 Å². The summed E-state index contributed by atoms with van der Waals surface area (Å²) in [7, 11) is 1.58. The third kappa shape index (κ3) is 5.80. The van der Waals surface area contributed by atoms with Gasteiger partial charge in [0, 0.05) is 10.0 Å². The third-order valence-corrected chi connectivity index (χ3v) is 6.06. The van der Waals surface area contributed by atoms with Crippen molar-refractivity contribution >= 4 is 54.8 Å². The average molecular weight is 568 g/mol. The van der Waals surface area contributed by atoms with Crippen LogP contribution in [0.5, 0.6) is 11.5 Å². The van der Waals surface area contributed by atoms with Crippen LogP contribution >= 0.6 is 31.9 Å². The second-order valence-electron chi connectivity index (χ2n) is 7.21. The molecule has 0 saturated carbocycles. The van der Waals surface area contributed by atoms with Gasteiger partial charge in [-0.15, -0.1) is 0 Å². The van der Waals surface area contributed by atoms with Crippen LogP contribution in [-0.4, -0.2) is 19.2 Å². The number of hydrazone groups is 1. The van der Waals surface area contributed by atoms with Gasteiger partial charge in [-0.25, -0.2) is 5.43 Å². The molecule has 1 N–H and O–H groups in total. The lowest BCUT2D eigenvalue weighted by Crippen LogP contribution is -2.17. The quantitative estimate of drug-likeness (QED) is 0.199. The molecule has 5 nitrogen and oxygen atoms in total. The molecule has 4 rings (SSSR count). The Balaban J connectivity index is 1.44. The second-order valence-corrected chi connectivity index (χ2v) is 8.98. The number of methoxy groups -OCH3 is 1. The predicted molar refractivity (Wildman–Crippen MR) is 138 cm³/mol. The van der Waals surface area contributed by atoms with Gasteiger partial charge >= 0.3 is 0 Å². The molecule has 0 saturated heterocycles. The van der Waals surface area contributed by atoms with Crippen molar-refractivity contribution in [2.24, 2.45) is 5.10 Å². The summed E-state index contributed by atoms with van der Waals surface area (Å²) < 4.78 is 13.2. The van der Waals surface area contributed by atoms with Crippen LogP contribution in [0.15, 0.2) is 92.9 Å². The van der Waals surface area contributed by atoms with Crippen LogP contribution in [0, 0.1) is 0 Å². The molecule has 4 aromatic rings. The molecule has 0 unspecified atom stereocenters. The van der Waals surface area contributed by atoms with E-state index in [1.807, 2.05) is 66.7 Å². The van der Waals surface area contributed by atoms with E-state index >= 15 is 0 Å². The average Bonchev–Trinajstić information content (AvgIpc) is 2.83. The Bertz CT molecular complexity index is 1320. The number of amides is 1. The first kappa shape index (κ1) is 23.0. The monoisotopic (exact) mass is 566 g/mol. The fourth-order valence-corrected chi connectivity index (χ4v) is 4.09. The molecule has 0 fully saturated rings. The Morgan fingerprint density at radius 1 is 0.970 bits per heavy atom. The second kappa shape index (κ2) is 10.6. The molecule has 0 aliphatic carbocycles. The van der Waals surface area contributed by atoms with E-state index in [0.29, 0.717) is 23.7 Å². The molecule has 0 aliphatic heterocycles. The number of benzene rings is 4. The lowest BCUT2D eigenvalue weighted by atomic mass is 10.1. The van der Waals surface area contributed by atoms with Crippen LogP contribution in [0.3, 0.4) is 0 Å². The Morgan fingerprint density at radius 2 is 1.73 bits per heavy atom. The van der Waals surface area contributed by atoms with Crippen LogP contribution in [-0.2, 0) is 6.61 Å². The molecule has 0 heterocycles. The number of hydrogen-bond acceptors (Lipinski definition) is 4. The van der Waals surface area contributed by atoms with E-state index in [1.54, 1.807) is 25.5 Å². The largest absolute Gasteiger partial charge is 0.493 e. The topological polar surface area (TPSA) is 59.9 Å². The number of nitrogens with one attached hydrogen (secondary N) is 1. The lowest BCUT2D eigenvalue weighted by Gasteiger charge is -2.13. The van der Waals surface area contributed by atoms with Gasteiger partial charge in [0.15, 0.2) is 11.5 Å². The van der Waals surface area contributed by atoms with E-state index in [1.165, 1.54) is 0 Å². The number of fused-ring (bicyclic) bond motifs is 1. The van der Waals surface area contributed by atoms with Gasteiger partial charge in [-0.05, 0) is 74.2 Å². The van der Waals surface area contributed by atoms with E-state index in [4.69, 9.17) is 9.47 Å². The van der Waals surface area contributed by atoms with Crippen LogP contribution in [0.4, 0.5) is 0 Å². The summed E-state index contributed by atoms with van der Waals surface area (Å²) in [4.78, 5) is 12.5. The number of ether oxygens (including phenoxy) is 2. The van der Waals surface area contributed by atoms with Gasteiger partial charge in [-0.1, -0.05) is 58.4 Å². The fraction of sp³-hybridized carbons (Fsp3) is 0.0769. The Kier molecular flexibility index (Phi) is 7.42. The number of nitrogens with zero attached hydrogens (tertiary/aromatic N) is 1. The molecule has 0 radical (unpaired) electrons. The number of carbonyl (C=O) groups is 1. The van der Waals surface area contributed by atoms with Crippen molar-refractivity contribution in [3.63, 3.8) is 0 Å². The summed E-state index contributed by atoms with van der Waals surface area (Å²) in [5, 5.41) is 6.18. The number of carbonyl (C=O) groups excluding carboxylic acids is 1. The van der Waals surface area contributed by atoms with Crippen molar-refractivity contribution in [3.8, 4) is 11.5 Å². The number of halogens is 2. The summed E-state index contributed by atoms with van der Waals surface area (Å²) in [5.41, 5.74) is 4.90. The van der Waals surface area contributed by atoms with E-state index in [2.05, 4.69) is 42.4 Å². The van der Waals surface area contributed by atoms with E-state index in [-0.39, 0.29) is 5.91 Å². The normalized spacial score (nSPS) is 11.0. The van der Waals surface area contributed by atoms with Crippen LogP contribution < -0.4 is 14.9 Å². The molecule has 1 amide bonds. The van der Waals surface area contributed by atoms with Crippen molar-refractivity contribution in [1.29, 1.82) is 0 Å². The highest BCUT2D eigenvalue weighted by molar-refractivity contribution is 9.10. The lowest BCUT2D eigenvalue weighted by molar-refractivity contribution is 0.0955. The first-order valence-electron chi connectivity index (χ1n) is 10.1. The Hall–Kier alpha value is -3.16. The van der Waals surface area contributed by atoms with Gasteiger partial charge in [0.25, 0.3) is 5.91 Å². The zero-order chi connectivity index (χ0) is 23.2. The molecule has 33 heavy (non-hydrogen) atoms. The van der Waals surface area contributed by atoms with Crippen LogP contribution in [0.2, 0.25) is 0 Å². The summed E-state index contributed by atoms with van der Waals surface area (Å²) in [6.45, 7) is 0.400. The summed E-state index contributed by atoms with van der Waals surface area (Å²) in [6, 6.07) is 25.0. The maximum absolute atomic E-state index is 12.5. The van der Waals surface area contributed by atoms with Crippen molar-refractivity contribution in [2.45, 2.75) is 6.61 Å². The molecule has 0 aliphatic rings. The highest BCUT2D eigenvalue weighted by atomic mass is 79.9. The van der Waals surface area contributed by atoms with Gasteiger partial charge < -0.3 is 9.47 Å². The highest BCUT2D eigenvalue weighted by Crippen LogP contribution is 2.37. The number of hydrogen-bond donors (Lipinski definition) is 1. The molecule has 0 spiro atoms. The molecular formula is C26H20Br2N2O3. The smallest absolute Gasteiger partial charge is 0.271 e. The summed E-state index contributed by atoms with van der Waals surface area (Å²) in [6.07, 6.45) is 1.56. The molecule has 7 heteroatoms. The minimum Gasteiger partial charge on any atom is -0.493 e. The fourth-order valence-electron chi connectivity index (χ4n) is 3.25. The Morgan fingerprint density at radius 3 is 2.48 bits per heavy atom. The minimum absolute atomic E-state index is 0.280. The molecule has 0 bridgehead atoms. The molecule has 0 aromatic heterocycles. The number of rotatable bonds is 7. The zero-order valence-electron chi connectivity index (χ0n) is 17.7. The van der Waals surface area contributed by atoms with Crippen LogP contribution in [0.25, 0.3) is 10.8 Å². The van der Waals surface area contributed by atoms with Gasteiger partial charge in [0.1, 0.15) is 6.61 Å². The highest BCUT2D eigenvalue weighted by Gasteiger charge is 2.12. The molecule has 0 atom stereocenters. The van der Waals surface area contributed by atoms with E-state index in [0.717, 1.165) is 30.8 Å². The van der Waals surface area contributed by atoms with Crippen molar-refractivity contribution in [3.05, 3.63) is 104 Å². The van der Waals surface area contributed by atoms with E-state index in [9.17, 15) is 4.79 Å². The molecular weight excluding hydrogens is 548 g/mol. The minimum atomic E-state index is -0.280. The standard InChI is InChI=1S/C26H20Br2N2O3/c1-32-24-13-18(12-23(28)25(24)33-16-17-6-10-22(27)11-7-17)15-29-30-26(31)21-9-8-19-4-2-3-5-20(19)14-21/h2-15H,16H2,1H3,(H,30,31)/b29-15-. The third-order valence-electron chi connectivity index (χ3n) is 4.94. The molecule has 166 valence electrons. The van der Waals surface area contributed by atoms with E-state index < -0.39 is 0 Å². The SMILES string of the molecule is COc1cc(/C=N\NC(=O)c2ccc3ccccc3c2)cc(Br)c1OCc1ccc(Br)cc1. The molecule has 4 aromatic carbocycles. The Labute approximate surface area is 208 Å². The van der Waals surface area contributed by atoms with Gasteiger partial charge in [0.2, 0.25) is 0 Å². The van der Waals surface area contributed by atoms with Crippen LogP contribution in [0.1, 0.15) is 21.5 Å². The van der Waals surface area contributed by atoms with Gasteiger partial charge in [-0.3, -0.25) is 4.79 Å². The zero-order valence-corrected chi connectivity index (χ0v) is 20.9. The summed E-state index contributed by atoms with van der Waals surface area (Å²) >= 11 is 6.97. The predicted octanol–water partition coefficient (Wildman–Crippen LogP) is 6.72. The van der Waals surface area contributed by atoms with Crippen molar-refractivity contribution in [2.75, 3.05) is 7.11 Å². The first-order chi connectivity index (χ1) is 16.0.